The Morgan fingerprint density at radius 1 is 1.27 bits per heavy atom. The number of hydrogen-bond acceptors (Lipinski definition) is 4. The summed E-state index contributed by atoms with van der Waals surface area (Å²) < 4.78 is 5.21. The van der Waals surface area contributed by atoms with Crippen LogP contribution in [0.4, 0.5) is 0 Å². The molecule has 1 aromatic rings. The molecule has 0 atom stereocenters. The number of rotatable bonds is 2. The minimum Gasteiger partial charge on any atom is -0.507 e. The van der Waals surface area contributed by atoms with Crippen LogP contribution in [-0.2, 0) is 4.74 Å². The van der Waals surface area contributed by atoms with Crippen LogP contribution in [0.15, 0.2) is 29.4 Å². The second-order valence-electron chi connectivity index (χ2n) is 3.37. The third-order valence-electron chi connectivity index (χ3n) is 2.28. The first kappa shape index (κ1) is 9.98. The van der Waals surface area contributed by atoms with Crippen molar-refractivity contribution in [3.8, 4) is 5.75 Å². The second kappa shape index (κ2) is 4.79. The third-order valence-corrected chi connectivity index (χ3v) is 2.28. The first-order valence-electron chi connectivity index (χ1n) is 5.01. The topological polar surface area (TPSA) is 45.1 Å². The maximum absolute atomic E-state index is 9.51. The highest BCUT2D eigenvalue weighted by Crippen LogP contribution is 2.13. The number of aromatic hydroxyl groups is 1. The molecule has 0 spiro atoms. The van der Waals surface area contributed by atoms with Gasteiger partial charge in [-0.1, -0.05) is 12.1 Å². The van der Waals surface area contributed by atoms with E-state index >= 15 is 0 Å². The number of morpholine rings is 1. The number of phenolic OH excluding ortho intramolecular Hbond substituents is 1. The molecule has 1 aromatic carbocycles. The molecule has 0 aromatic heterocycles. The molecule has 0 aliphatic carbocycles. The molecular weight excluding hydrogens is 192 g/mol. The van der Waals surface area contributed by atoms with Crippen LogP contribution in [0.1, 0.15) is 5.56 Å². The third kappa shape index (κ3) is 2.70. The summed E-state index contributed by atoms with van der Waals surface area (Å²) in [4.78, 5) is 0. The van der Waals surface area contributed by atoms with Gasteiger partial charge in [-0.3, -0.25) is 5.01 Å². The summed E-state index contributed by atoms with van der Waals surface area (Å²) in [5.74, 6) is 0.259. The molecule has 1 N–H and O–H groups in total. The van der Waals surface area contributed by atoms with Gasteiger partial charge >= 0.3 is 0 Å². The van der Waals surface area contributed by atoms with Crippen molar-refractivity contribution in [2.24, 2.45) is 5.10 Å². The van der Waals surface area contributed by atoms with Gasteiger partial charge in [0.15, 0.2) is 0 Å². The molecule has 4 heteroatoms. The first-order chi connectivity index (χ1) is 7.36. The maximum Gasteiger partial charge on any atom is 0.124 e. The number of para-hydroxylation sites is 1. The van der Waals surface area contributed by atoms with Gasteiger partial charge in [-0.2, -0.15) is 5.10 Å². The highest BCUT2D eigenvalue weighted by Gasteiger charge is 2.06. The van der Waals surface area contributed by atoms with E-state index < -0.39 is 0 Å². The molecule has 1 heterocycles. The van der Waals surface area contributed by atoms with Crippen LogP contribution in [0.25, 0.3) is 0 Å². The zero-order valence-corrected chi connectivity index (χ0v) is 8.47. The van der Waals surface area contributed by atoms with Gasteiger partial charge in [0, 0.05) is 5.56 Å². The molecule has 2 rings (SSSR count). The molecule has 0 amide bonds. The van der Waals surface area contributed by atoms with Crippen molar-refractivity contribution in [3.63, 3.8) is 0 Å². The van der Waals surface area contributed by atoms with Crippen LogP contribution in [0, 0.1) is 0 Å². The van der Waals surface area contributed by atoms with Gasteiger partial charge in [-0.25, -0.2) is 0 Å². The molecule has 0 radical (unpaired) electrons. The standard InChI is InChI=1S/C11H14N2O2/c14-11-4-2-1-3-10(11)9-12-13-5-7-15-8-6-13/h1-4,9,14H,5-8H2. The Kier molecular flexibility index (Phi) is 3.19. The number of ether oxygens (including phenoxy) is 1. The largest absolute Gasteiger partial charge is 0.507 e. The van der Waals surface area contributed by atoms with Gasteiger partial charge in [0.25, 0.3) is 0 Å². The van der Waals surface area contributed by atoms with Crippen LogP contribution >= 0.6 is 0 Å². The average Bonchev–Trinajstić information content (AvgIpc) is 2.29. The van der Waals surface area contributed by atoms with Crippen molar-refractivity contribution < 1.29 is 9.84 Å². The zero-order chi connectivity index (χ0) is 10.5. The van der Waals surface area contributed by atoms with Crippen LogP contribution in [-0.4, -0.2) is 42.6 Å². The summed E-state index contributed by atoms with van der Waals surface area (Å²) in [6, 6.07) is 7.15. The van der Waals surface area contributed by atoms with Gasteiger partial charge in [0.2, 0.25) is 0 Å². The predicted molar refractivity (Wildman–Crippen MR) is 58.1 cm³/mol. The van der Waals surface area contributed by atoms with Crippen molar-refractivity contribution in [2.45, 2.75) is 0 Å². The van der Waals surface area contributed by atoms with Crippen molar-refractivity contribution >= 4 is 6.21 Å². The first-order valence-corrected chi connectivity index (χ1v) is 5.01. The summed E-state index contributed by atoms with van der Waals surface area (Å²) in [6.07, 6.45) is 1.68. The van der Waals surface area contributed by atoms with Crippen LogP contribution < -0.4 is 0 Å². The number of nitrogens with zero attached hydrogens (tertiary/aromatic N) is 2. The van der Waals surface area contributed by atoms with E-state index in [-0.39, 0.29) is 5.75 Å². The van der Waals surface area contributed by atoms with E-state index in [4.69, 9.17) is 4.74 Å². The van der Waals surface area contributed by atoms with Gasteiger partial charge in [-0.05, 0) is 12.1 Å². The van der Waals surface area contributed by atoms with Crippen LogP contribution in [0.5, 0.6) is 5.75 Å². The molecule has 1 aliphatic rings. The Morgan fingerprint density at radius 3 is 2.73 bits per heavy atom. The van der Waals surface area contributed by atoms with Crippen molar-refractivity contribution in [1.29, 1.82) is 0 Å². The lowest BCUT2D eigenvalue weighted by atomic mass is 10.2. The monoisotopic (exact) mass is 206 g/mol. The van der Waals surface area contributed by atoms with Crippen LogP contribution in [0.3, 0.4) is 0 Å². The Balaban J connectivity index is 2.01. The Morgan fingerprint density at radius 2 is 2.00 bits per heavy atom. The molecule has 0 bridgehead atoms. The van der Waals surface area contributed by atoms with Gasteiger partial charge < -0.3 is 9.84 Å². The summed E-state index contributed by atoms with van der Waals surface area (Å²) >= 11 is 0. The SMILES string of the molecule is Oc1ccccc1C=NN1CCOCC1. The molecule has 1 fully saturated rings. The lowest BCUT2D eigenvalue weighted by Crippen LogP contribution is -2.32. The van der Waals surface area contributed by atoms with Gasteiger partial charge in [0.05, 0.1) is 32.5 Å². The highest BCUT2D eigenvalue weighted by atomic mass is 16.5. The zero-order valence-electron chi connectivity index (χ0n) is 8.47. The number of benzene rings is 1. The van der Waals surface area contributed by atoms with Gasteiger partial charge in [-0.15, -0.1) is 0 Å². The van der Waals surface area contributed by atoms with Crippen molar-refractivity contribution in [2.75, 3.05) is 26.3 Å². The van der Waals surface area contributed by atoms with E-state index in [0.29, 0.717) is 0 Å². The smallest absolute Gasteiger partial charge is 0.124 e. The lowest BCUT2D eigenvalue weighted by molar-refractivity contribution is 0.0397. The summed E-state index contributed by atoms with van der Waals surface area (Å²) in [6.45, 7) is 3.06. The van der Waals surface area contributed by atoms with E-state index in [1.165, 1.54) is 0 Å². The highest BCUT2D eigenvalue weighted by molar-refractivity contribution is 5.82. The van der Waals surface area contributed by atoms with E-state index in [9.17, 15) is 5.11 Å². The minimum absolute atomic E-state index is 0.259. The molecule has 1 saturated heterocycles. The molecule has 4 nitrogen and oxygen atoms in total. The number of hydrogen-bond donors (Lipinski definition) is 1. The maximum atomic E-state index is 9.51. The minimum atomic E-state index is 0.259. The van der Waals surface area contributed by atoms with E-state index in [1.807, 2.05) is 17.1 Å². The van der Waals surface area contributed by atoms with E-state index in [2.05, 4.69) is 5.10 Å². The lowest BCUT2D eigenvalue weighted by Gasteiger charge is -2.23. The number of phenols is 1. The van der Waals surface area contributed by atoms with Crippen LogP contribution in [0.2, 0.25) is 0 Å². The Labute approximate surface area is 88.8 Å². The molecule has 1 aliphatic heterocycles. The molecule has 0 saturated carbocycles. The van der Waals surface area contributed by atoms with Crippen molar-refractivity contribution in [1.82, 2.24) is 5.01 Å². The summed E-state index contributed by atoms with van der Waals surface area (Å²) in [5.41, 5.74) is 0.740. The molecule has 0 unspecified atom stereocenters. The summed E-state index contributed by atoms with van der Waals surface area (Å²) in [5, 5.41) is 15.7. The molecule has 15 heavy (non-hydrogen) atoms. The Bertz CT molecular complexity index is 346. The molecule has 80 valence electrons. The number of hydrazone groups is 1. The molecular formula is C11H14N2O2. The van der Waals surface area contributed by atoms with E-state index in [0.717, 1.165) is 31.9 Å². The second-order valence-corrected chi connectivity index (χ2v) is 3.37. The fourth-order valence-electron chi connectivity index (χ4n) is 1.41. The summed E-state index contributed by atoms with van der Waals surface area (Å²) in [7, 11) is 0. The Hall–Kier alpha value is -1.55. The predicted octanol–water partition coefficient (Wildman–Crippen LogP) is 1.06. The fraction of sp³-hybridized carbons (Fsp3) is 0.364. The van der Waals surface area contributed by atoms with Gasteiger partial charge in [0.1, 0.15) is 5.75 Å². The fourth-order valence-corrected chi connectivity index (χ4v) is 1.41. The van der Waals surface area contributed by atoms with E-state index in [1.54, 1.807) is 18.3 Å². The quantitative estimate of drug-likeness (QED) is 0.736. The normalized spacial score (nSPS) is 17.2. The average molecular weight is 206 g/mol. The van der Waals surface area contributed by atoms with Crippen molar-refractivity contribution in [3.05, 3.63) is 29.8 Å².